The van der Waals surface area contributed by atoms with E-state index in [0.29, 0.717) is 5.56 Å². The number of carbonyl (C=O) groups is 1. The molecule has 0 unspecified atom stereocenters. The smallest absolute Gasteiger partial charge is 0.251 e. The average molecular weight is 269 g/mol. The van der Waals surface area contributed by atoms with Crippen LogP contribution < -0.4 is 5.32 Å². The van der Waals surface area contributed by atoms with E-state index >= 15 is 0 Å². The first-order valence-electron chi connectivity index (χ1n) is 6.65. The molecule has 3 heteroatoms. The van der Waals surface area contributed by atoms with Gasteiger partial charge in [0.15, 0.2) is 0 Å². The number of hydrogen-bond acceptors (Lipinski definition) is 2. The lowest BCUT2D eigenvalue weighted by Gasteiger charge is -2.17. The molecule has 0 aliphatic carbocycles. The predicted octanol–water partition coefficient (Wildman–Crippen LogP) is 2.77. The molecule has 1 amide bonds. The SMILES string of the molecule is Cc1cc(C)cc(C(=O)N[C@@H](CO)c2ccccc2)c1. The van der Waals surface area contributed by atoms with Gasteiger partial charge in [-0.2, -0.15) is 0 Å². The van der Waals surface area contributed by atoms with Crippen LogP contribution in [-0.2, 0) is 0 Å². The molecule has 0 fully saturated rings. The minimum Gasteiger partial charge on any atom is -0.394 e. The Bertz CT molecular complexity index is 573. The summed E-state index contributed by atoms with van der Waals surface area (Å²) in [4.78, 5) is 12.3. The van der Waals surface area contributed by atoms with Crippen molar-refractivity contribution in [3.8, 4) is 0 Å². The van der Waals surface area contributed by atoms with Gasteiger partial charge < -0.3 is 10.4 Å². The minimum absolute atomic E-state index is 0.124. The molecule has 104 valence electrons. The number of rotatable bonds is 4. The molecule has 0 aromatic heterocycles. The zero-order valence-electron chi connectivity index (χ0n) is 11.8. The molecule has 0 radical (unpaired) electrons. The first-order valence-corrected chi connectivity index (χ1v) is 6.65. The highest BCUT2D eigenvalue weighted by atomic mass is 16.3. The number of aryl methyl sites for hydroxylation is 2. The summed E-state index contributed by atoms with van der Waals surface area (Å²) in [5.41, 5.74) is 3.62. The van der Waals surface area contributed by atoms with Crippen LogP contribution in [0.15, 0.2) is 48.5 Å². The number of aliphatic hydroxyl groups excluding tert-OH is 1. The van der Waals surface area contributed by atoms with Crippen molar-refractivity contribution in [2.45, 2.75) is 19.9 Å². The van der Waals surface area contributed by atoms with Crippen molar-refractivity contribution in [2.24, 2.45) is 0 Å². The maximum absolute atomic E-state index is 12.3. The summed E-state index contributed by atoms with van der Waals surface area (Å²) < 4.78 is 0. The summed E-state index contributed by atoms with van der Waals surface area (Å²) >= 11 is 0. The third-order valence-electron chi connectivity index (χ3n) is 3.17. The van der Waals surface area contributed by atoms with Crippen LogP contribution in [0.2, 0.25) is 0 Å². The molecule has 2 aromatic carbocycles. The lowest BCUT2D eigenvalue weighted by atomic mass is 10.0. The van der Waals surface area contributed by atoms with Crippen molar-refractivity contribution in [2.75, 3.05) is 6.61 Å². The van der Waals surface area contributed by atoms with Gasteiger partial charge in [-0.3, -0.25) is 4.79 Å². The van der Waals surface area contributed by atoms with Crippen LogP contribution in [0.1, 0.15) is 33.1 Å². The molecule has 0 heterocycles. The summed E-state index contributed by atoms with van der Waals surface area (Å²) in [6.45, 7) is 3.80. The fourth-order valence-corrected chi connectivity index (χ4v) is 2.27. The van der Waals surface area contributed by atoms with E-state index in [4.69, 9.17) is 0 Å². The predicted molar refractivity (Wildman–Crippen MR) is 79.7 cm³/mol. The van der Waals surface area contributed by atoms with Crippen molar-refractivity contribution in [3.63, 3.8) is 0 Å². The molecular weight excluding hydrogens is 250 g/mol. The maximum atomic E-state index is 12.3. The van der Waals surface area contributed by atoms with E-state index in [2.05, 4.69) is 5.32 Å². The molecular formula is C17H19NO2. The Kier molecular flexibility index (Phi) is 4.53. The summed E-state index contributed by atoms with van der Waals surface area (Å²) in [5, 5.41) is 12.3. The molecule has 0 saturated carbocycles. The third kappa shape index (κ3) is 3.45. The van der Waals surface area contributed by atoms with Gasteiger partial charge in [-0.1, -0.05) is 47.5 Å². The standard InChI is InChI=1S/C17H19NO2/c1-12-8-13(2)10-15(9-12)17(20)18-16(11-19)14-6-4-3-5-7-14/h3-10,16,19H,11H2,1-2H3,(H,18,20)/t16-/m0/s1. The molecule has 2 N–H and O–H groups in total. The molecule has 3 nitrogen and oxygen atoms in total. The molecule has 0 saturated heterocycles. The van der Waals surface area contributed by atoms with Crippen LogP contribution in [0.3, 0.4) is 0 Å². The van der Waals surface area contributed by atoms with Gasteiger partial charge in [0.1, 0.15) is 0 Å². The average Bonchev–Trinajstić information content (AvgIpc) is 2.44. The second kappa shape index (κ2) is 6.35. The summed E-state index contributed by atoms with van der Waals surface area (Å²) in [6.07, 6.45) is 0. The highest BCUT2D eigenvalue weighted by Crippen LogP contribution is 2.14. The van der Waals surface area contributed by atoms with Crippen molar-refractivity contribution in [1.29, 1.82) is 0 Å². The minimum atomic E-state index is -0.385. The number of hydrogen-bond donors (Lipinski definition) is 2. The van der Waals surface area contributed by atoms with Crippen molar-refractivity contribution in [3.05, 3.63) is 70.8 Å². The quantitative estimate of drug-likeness (QED) is 0.896. The Labute approximate surface area is 119 Å². The van der Waals surface area contributed by atoms with Crippen molar-refractivity contribution in [1.82, 2.24) is 5.32 Å². The largest absolute Gasteiger partial charge is 0.394 e. The van der Waals surface area contributed by atoms with Gasteiger partial charge in [-0.15, -0.1) is 0 Å². The fourth-order valence-electron chi connectivity index (χ4n) is 2.27. The van der Waals surface area contributed by atoms with Crippen LogP contribution in [0.5, 0.6) is 0 Å². The topological polar surface area (TPSA) is 49.3 Å². The van der Waals surface area contributed by atoms with Crippen molar-refractivity contribution >= 4 is 5.91 Å². The first kappa shape index (κ1) is 14.3. The molecule has 20 heavy (non-hydrogen) atoms. The number of carbonyl (C=O) groups excluding carboxylic acids is 1. The van der Waals surface area contributed by atoms with E-state index < -0.39 is 0 Å². The summed E-state index contributed by atoms with van der Waals surface area (Å²) in [7, 11) is 0. The van der Waals surface area contributed by atoms with Gasteiger partial charge in [-0.25, -0.2) is 0 Å². The highest BCUT2D eigenvalue weighted by Gasteiger charge is 2.15. The van der Waals surface area contributed by atoms with Crippen LogP contribution >= 0.6 is 0 Å². The van der Waals surface area contributed by atoms with Gasteiger partial charge in [0.25, 0.3) is 5.91 Å². The van der Waals surface area contributed by atoms with Gasteiger partial charge >= 0.3 is 0 Å². The molecule has 0 spiro atoms. The fraction of sp³-hybridized carbons (Fsp3) is 0.235. The van der Waals surface area contributed by atoms with Gasteiger partial charge in [0, 0.05) is 5.56 Å². The van der Waals surface area contributed by atoms with Crippen molar-refractivity contribution < 1.29 is 9.90 Å². The normalized spacial score (nSPS) is 11.9. The zero-order chi connectivity index (χ0) is 14.5. The van der Waals surface area contributed by atoms with Crippen LogP contribution in [-0.4, -0.2) is 17.6 Å². The lowest BCUT2D eigenvalue weighted by molar-refractivity contribution is 0.0916. The van der Waals surface area contributed by atoms with Crippen LogP contribution in [0.4, 0.5) is 0 Å². The highest BCUT2D eigenvalue weighted by molar-refractivity contribution is 5.94. The number of amides is 1. The molecule has 0 bridgehead atoms. The summed E-state index contributed by atoms with van der Waals surface area (Å²) in [5.74, 6) is -0.167. The van der Waals surface area contributed by atoms with E-state index in [1.54, 1.807) is 0 Å². The molecule has 0 aliphatic rings. The Morgan fingerprint density at radius 3 is 2.25 bits per heavy atom. The molecule has 2 aromatic rings. The van der Waals surface area contributed by atoms with E-state index in [9.17, 15) is 9.90 Å². The first-order chi connectivity index (χ1) is 9.60. The Morgan fingerprint density at radius 2 is 1.70 bits per heavy atom. The molecule has 0 aliphatic heterocycles. The van der Waals surface area contributed by atoms with E-state index in [0.717, 1.165) is 16.7 Å². The Morgan fingerprint density at radius 1 is 1.10 bits per heavy atom. The number of aliphatic hydroxyl groups is 1. The van der Waals surface area contributed by atoms with Gasteiger partial charge in [-0.05, 0) is 31.5 Å². The lowest BCUT2D eigenvalue weighted by Crippen LogP contribution is -2.30. The van der Waals surface area contributed by atoms with Crippen LogP contribution in [0, 0.1) is 13.8 Å². The third-order valence-corrected chi connectivity index (χ3v) is 3.17. The maximum Gasteiger partial charge on any atom is 0.251 e. The van der Waals surface area contributed by atoms with Gasteiger partial charge in [0.2, 0.25) is 0 Å². The van der Waals surface area contributed by atoms with Gasteiger partial charge in [0.05, 0.1) is 12.6 Å². The molecule has 2 rings (SSSR count). The Balaban J connectivity index is 2.17. The number of benzene rings is 2. The Hall–Kier alpha value is -2.13. The second-order valence-corrected chi connectivity index (χ2v) is 5.00. The van der Waals surface area contributed by atoms with E-state index in [1.807, 2.05) is 62.4 Å². The molecule has 1 atom stereocenters. The zero-order valence-corrected chi connectivity index (χ0v) is 11.8. The van der Waals surface area contributed by atoms with Crippen LogP contribution in [0.25, 0.3) is 0 Å². The monoisotopic (exact) mass is 269 g/mol. The second-order valence-electron chi connectivity index (χ2n) is 5.00. The van der Waals surface area contributed by atoms with E-state index in [-0.39, 0.29) is 18.6 Å². The number of nitrogens with one attached hydrogen (secondary N) is 1. The summed E-state index contributed by atoms with van der Waals surface area (Å²) in [6, 6.07) is 14.8. The van der Waals surface area contributed by atoms with E-state index in [1.165, 1.54) is 0 Å².